The molecule has 6 nitrogen and oxygen atoms in total. The Hall–Kier alpha value is -2.89. The monoisotopic (exact) mass is 576 g/mol. The zero-order valence-electron chi connectivity index (χ0n) is 26.8. The van der Waals surface area contributed by atoms with Gasteiger partial charge in [-0.15, -0.1) is 0 Å². The smallest absolute Gasteiger partial charge is 0.346 e. The van der Waals surface area contributed by atoms with Crippen LogP contribution in [-0.4, -0.2) is 34.5 Å². The summed E-state index contributed by atoms with van der Waals surface area (Å²) in [6, 6.07) is 0. The van der Waals surface area contributed by atoms with Gasteiger partial charge in [0, 0.05) is 30.6 Å². The van der Waals surface area contributed by atoms with Gasteiger partial charge in [-0.25, -0.2) is 4.79 Å². The molecule has 2 bridgehead atoms. The third-order valence-electron chi connectivity index (χ3n) is 11.5. The molecule has 9 unspecified atom stereocenters. The van der Waals surface area contributed by atoms with Gasteiger partial charge in [-0.3, -0.25) is 9.59 Å². The van der Waals surface area contributed by atoms with Crippen LogP contribution in [0.25, 0.3) is 0 Å². The lowest BCUT2D eigenvalue weighted by atomic mass is 9.49. The fourth-order valence-electron chi connectivity index (χ4n) is 9.60. The van der Waals surface area contributed by atoms with Crippen LogP contribution < -0.4 is 0 Å². The summed E-state index contributed by atoms with van der Waals surface area (Å²) < 4.78 is 12.1. The Morgan fingerprint density at radius 3 is 2.38 bits per heavy atom. The normalized spacial score (nSPS) is 46.4. The fourth-order valence-corrected chi connectivity index (χ4v) is 9.60. The zero-order chi connectivity index (χ0) is 30.9. The summed E-state index contributed by atoms with van der Waals surface area (Å²) in [7, 11) is 0. The van der Waals surface area contributed by atoms with E-state index in [0.29, 0.717) is 6.42 Å². The van der Waals surface area contributed by atoms with Crippen LogP contribution in [0.15, 0.2) is 57.9 Å². The van der Waals surface area contributed by atoms with Gasteiger partial charge < -0.3 is 14.6 Å². The first-order chi connectivity index (χ1) is 19.6. The van der Waals surface area contributed by atoms with Gasteiger partial charge >= 0.3 is 11.9 Å². The summed E-state index contributed by atoms with van der Waals surface area (Å²) in [6.07, 6.45) is 11.9. The Morgan fingerprint density at radius 1 is 1.02 bits per heavy atom. The molecule has 1 saturated carbocycles. The third-order valence-corrected chi connectivity index (χ3v) is 11.5. The minimum atomic E-state index is -1.42. The van der Waals surface area contributed by atoms with Gasteiger partial charge in [0.1, 0.15) is 17.4 Å². The average Bonchev–Trinajstić information content (AvgIpc) is 3.13. The minimum Gasteiger partial charge on any atom is -0.511 e. The van der Waals surface area contributed by atoms with Crippen molar-refractivity contribution in [2.24, 2.45) is 40.4 Å². The number of hydrogen-bond donors (Lipinski definition) is 1. The van der Waals surface area contributed by atoms with Crippen LogP contribution >= 0.6 is 0 Å². The Bertz CT molecular complexity index is 1370. The van der Waals surface area contributed by atoms with E-state index in [1.54, 1.807) is 0 Å². The number of carbonyl (C=O) groups is 3. The summed E-state index contributed by atoms with van der Waals surface area (Å²) in [5, 5.41) is 12.5. The summed E-state index contributed by atoms with van der Waals surface area (Å²) in [5.74, 6) is -2.01. The second-order valence-corrected chi connectivity index (χ2v) is 14.5. The minimum absolute atomic E-state index is 0.0417. The SMILES string of the molecule is CC(=O)OC1CCC(C)C2C1C=C(C)C1/C(C)=C\CC/C(C)=C\C3(C)C=C(C)C(C)CC34OC(=O)/C(=C(\O)C12C)C4=O. The van der Waals surface area contributed by atoms with Crippen LogP contribution in [0.5, 0.6) is 0 Å². The molecular weight excluding hydrogens is 528 g/mol. The average molecular weight is 577 g/mol. The number of hydrogen-bond acceptors (Lipinski definition) is 6. The Labute approximate surface area is 251 Å². The molecule has 5 rings (SSSR count). The molecule has 0 aromatic heterocycles. The predicted molar refractivity (Wildman–Crippen MR) is 162 cm³/mol. The number of fused-ring (bicyclic) bond motifs is 4. The molecule has 2 fully saturated rings. The number of Topliss-reactive ketones (excluding diaryl/α,β-unsaturated/α-hetero) is 1. The van der Waals surface area contributed by atoms with Crippen molar-refractivity contribution >= 4 is 17.7 Å². The van der Waals surface area contributed by atoms with Gasteiger partial charge in [-0.1, -0.05) is 67.4 Å². The van der Waals surface area contributed by atoms with Crippen molar-refractivity contribution in [1.29, 1.82) is 0 Å². The van der Waals surface area contributed by atoms with Crippen molar-refractivity contribution in [2.45, 2.75) is 106 Å². The maximum atomic E-state index is 14.8. The van der Waals surface area contributed by atoms with E-state index in [2.05, 4.69) is 65.8 Å². The lowest BCUT2D eigenvalue weighted by Gasteiger charge is -2.56. The number of esters is 2. The molecule has 4 aliphatic carbocycles. The molecule has 5 aliphatic rings. The Morgan fingerprint density at radius 2 is 1.71 bits per heavy atom. The summed E-state index contributed by atoms with van der Waals surface area (Å²) in [4.78, 5) is 40.8. The summed E-state index contributed by atoms with van der Waals surface area (Å²) in [5.41, 5.74) is 0.982. The molecule has 1 N–H and O–H groups in total. The molecule has 1 saturated heterocycles. The van der Waals surface area contributed by atoms with Crippen LogP contribution in [0, 0.1) is 40.4 Å². The van der Waals surface area contributed by atoms with E-state index in [-0.39, 0.29) is 53.0 Å². The van der Waals surface area contributed by atoms with E-state index in [9.17, 15) is 19.5 Å². The van der Waals surface area contributed by atoms with Gasteiger partial charge in [0.05, 0.1) is 5.41 Å². The van der Waals surface area contributed by atoms with Crippen molar-refractivity contribution in [3.63, 3.8) is 0 Å². The molecule has 0 aromatic carbocycles. The fraction of sp³-hybridized carbons (Fsp3) is 0.639. The molecule has 1 spiro atoms. The third kappa shape index (κ3) is 4.38. The van der Waals surface area contributed by atoms with Gasteiger partial charge in [0.15, 0.2) is 5.60 Å². The van der Waals surface area contributed by atoms with Crippen molar-refractivity contribution in [3.05, 3.63) is 57.9 Å². The van der Waals surface area contributed by atoms with Gasteiger partial charge in [0.25, 0.3) is 0 Å². The number of ketones is 1. The lowest BCUT2D eigenvalue weighted by Crippen LogP contribution is -2.54. The standard InChI is InChI=1S/C36H48O6/c1-19-11-10-12-20(2)29-22(4)15-26-27(41-25(7)37)14-13-21(3)30(26)35(29,9)31(38)28-32(39)36(42-33(28)40)18-24(6)23(5)17-34(36,8)16-19/h12,15-17,21,24,26-27,29-30,38H,10-11,13-14,18H2,1-9H3/b19-16-,20-12-,31-28-. The molecule has 0 amide bonds. The number of rotatable bonds is 1. The quantitative estimate of drug-likeness (QED) is 0.197. The summed E-state index contributed by atoms with van der Waals surface area (Å²) in [6.45, 7) is 18.0. The number of aliphatic hydroxyl groups is 1. The van der Waals surface area contributed by atoms with Crippen LogP contribution in [-0.2, 0) is 23.9 Å². The highest BCUT2D eigenvalue weighted by atomic mass is 16.6. The second kappa shape index (κ2) is 10.4. The molecule has 1 aliphatic heterocycles. The first-order valence-corrected chi connectivity index (χ1v) is 15.7. The molecule has 9 atom stereocenters. The van der Waals surface area contributed by atoms with E-state index in [1.807, 2.05) is 13.8 Å². The van der Waals surface area contributed by atoms with Crippen LogP contribution in [0.3, 0.4) is 0 Å². The molecule has 1 heterocycles. The first kappa shape index (κ1) is 30.6. The van der Waals surface area contributed by atoms with Gasteiger partial charge in [0.2, 0.25) is 5.78 Å². The highest BCUT2D eigenvalue weighted by Crippen LogP contribution is 2.62. The first-order valence-electron chi connectivity index (χ1n) is 15.7. The van der Waals surface area contributed by atoms with Gasteiger partial charge in [-0.2, -0.15) is 0 Å². The number of ether oxygens (including phenoxy) is 2. The van der Waals surface area contributed by atoms with E-state index in [0.717, 1.165) is 48.0 Å². The van der Waals surface area contributed by atoms with Crippen molar-refractivity contribution in [1.82, 2.24) is 0 Å². The molecule has 228 valence electrons. The number of allylic oxidation sites excluding steroid dienone is 6. The zero-order valence-corrected chi connectivity index (χ0v) is 26.8. The maximum absolute atomic E-state index is 14.8. The van der Waals surface area contributed by atoms with Crippen molar-refractivity contribution in [3.8, 4) is 0 Å². The Balaban J connectivity index is 1.80. The molecule has 42 heavy (non-hydrogen) atoms. The second-order valence-electron chi connectivity index (χ2n) is 14.5. The van der Waals surface area contributed by atoms with E-state index < -0.39 is 28.2 Å². The number of carbonyl (C=O) groups excluding carboxylic acids is 3. The molecule has 6 heteroatoms. The van der Waals surface area contributed by atoms with E-state index in [4.69, 9.17) is 9.47 Å². The highest BCUT2D eigenvalue weighted by molar-refractivity contribution is 6.26. The van der Waals surface area contributed by atoms with Crippen LogP contribution in [0.1, 0.15) is 94.4 Å². The molecule has 0 aromatic rings. The number of aliphatic hydroxyl groups excluding tert-OH is 1. The van der Waals surface area contributed by atoms with Gasteiger partial charge in [-0.05, 0) is 78.1 Å². The summed E-state index contributed by atoms with van der Waals surface area (Å²) >= 11 is 0. The topological polar surface area (TPSA) is 89.9 Å². The largest absolute Gasteiger partial charge is 0.511 e. The van der Waals surface area contributed by atoms with Crippen LogP contribution in [0.4, 0.5) is 0 Å². The Kier molecular flexibility index (Phi) is 7.55. The van der Waals surface area contributed by atoms with Crippen LogP contribution in [0.2, 0.25) is 0 Å². The predicted octanol–water partition coefficient (Wildman–Crippen LogP) is 7.52. The lowest BCUT2D eigenvalue weighted by molar-refractivity contribution is -0.162. The molecule has 0 radical (unpaired) electrons. The maximum Gasteiger partial charge on any atom is 0.346 e. The van der Waals surface area contributed by atoms with Crippen molar-refractivity contribution < 1.29 is 29.0 Å². The van der Waals surface area contributed by atoms with Crippen molar-refractivity contribution in [2.75, 3.05) is 0 Å². The van der Waals surface area contributed by atoms with E-state index >= 15 is 0 Å². The highest BCUT2D eigenvalue weighted by Gasteiger charge is 2.66. The molecular formula is C36H48O6. The van der Waals surface area contributed by atoms with E-state index in [1.165, 1.54) is 6.92 Å².